The Morgan fingerprint density at radius 2 is 1.92 bits per heavy atom. The average Bonchev–Trinajstić information content (AvgIpc) is 2.99. The number of nitrogens with zero attached hydrogens (tertiary/aromatic N) is 1. The molecule has 8 heteroatoms. The zero-order valence-corrected chi connectivity index (χ0v) is 14.2. The zero-order valence-electron chi connectivity index (χ0n) is 14.2. The number of rotatable bonds is 5. The maximum absolute atomic E-state index is 12.2. The summed E-state index contributed by atoms with van der Waals surface area (Å²) in [5.74, 6) is -2.42. The van der Waals surface area contributed by atoms with Crippen molar-refractivity contribution in [1.82, 2.24) is 15.8 Å². The van der Waals surface area contributed by atoms with Crippen LogP contribution in [0.1, 0.15) is 31.9 Å². The van der Waals surface area contributed by atoms with Crippen molar-refractivity contribution in [2.75, 3.05) is 13.2 Å². The second-order valence-electron chi connectivity index (χ2n) is 5.87. The first-order valence-electron chi connectivity index (χ1n) is 7.95. The van der Waals surface area contributed by atoms with Gasteiger partial charge >= 0.3 is 5.97 Å². The lowest BCUT2D eigenvalue weighted by molar-refractivity contribution is -0.152. The summed E-state index contributed by atoms with van der Waals surface area (Å²) in [7, 11) is 0. The molecule has 0 bridgehead atoms. The van der Waals surface area contributed by atoms with Crippen LogP contribution in [0.15, 0.2) is 30.3 Å². The largest absolute Gasteiger partial charge is 0.455 e. The molecule has 1 fully saturated rings. The van der Waals surface area contributed by atoms with E-state index in [1.54, 1.807) is 4.90 Å². The normalized spacial score (nSPS) is 17.8. The molecule has 0 unspecified atom stereocenters. The van der Waals surface area contributed by atoms with E-state index < -0.39 is 30.3 Å². The van der Waals surface area contributed by atoms with Gasteiger partial charge in [-0.25, -0.2) is 0 Å². The third-order valence-corrected chi connectivity index (χ3v) is 3.96. The molecule has 0 aliphatic carbocycles. The average molecular weight is 347 g/mol. The van der Waals surface area contributed by atoms with Crippen molar-refractivity contribution in [2.24, 2.45) is 5.92 Å². The van der Waals surface area contributed by atoms with Gasteiger partial charge in [0.05, 0.1) is 12.0 Å². The summed E-state index contributed by atoms with van der Waals surface area (Å²) in [6.45, 7) is 2.87. The smallest absolute Gasteiger partial charge is 0.311 e. The molecule has 1 aliphatic heterocycles. The van der Waals surface area contributed by atoms with Gasteiger partial charge in [0.2, 0.25) is 11.8 Å². The number of likely N-dealkylation sites (tertiary alicyclic amines) is 1. The fourth-order valence-electron chi connectivity index (χ4n) is 2.62. The summed E-state index contributed by atoms with van der Waals surface area (Å²) in [4.78, 5) is 48.0. The second-order valence-corrected chi connectivity index (χ2v) is 5.87. The van der Waals surface area contributed by atoms with E-state index in [0.29, 0.717) is 0 Å². The van der Waals surface area contributed by atoms with Crippen molar-refractivity contribution in [2.45, 2.75) is 26.3 Å². The number of hydrazine groups is 1. The molecule has 2 N–H and O–H groups in total. The Labute approximate surface area is 145 Å². The Kier molecular flexibility index (Phi) is 6.10. The van der Waals surface area contributed by atoms with Gasteiger partial charge < -0.3 is 9.64 Å². The molecule has 1 aromatic rings. The van der Waals surface area contributed by atoms with Crippen molar-refractivity contribution in [1.29, 1.82) is 0 Å². The van der Waals surface area contributed by atoms with Crippen molar-refractivity contribution >= 4 is 23.7 Å². The van der Waals surface area contributed by atoms with E-state index in [0.717, 1.165) is 5.56 Å². The predicted octanol–water partition coefficient (Wildman–Crippen LogP) is 0.307. The highest BCUT2D eigenvalue weighted by atomic mass is 16.5. The zero-order chi connectivity index (χ0) is 18.4. The van der Waals surface area contributed by atoms with Crippen molar-refractivity contribution in [3.05, 3.63) is 35.9 Å². The number of carbonyl (C=O) groups is 4. The van der Waals surface area contributed by atoms with E-state index in [2.05, 4.69) is 10.9 Å². The molecule has 8 nitrogen and oxygen atoms in total. The van der Waals surface area contributed by atoms with E-state index in [9.17, 15) is 19.2 Å². The van der Waals surface area contributed by atoms with Gasteiger partial charge in [-0.1, -0.05) is 30.3 Å². The predicted molar refractivity (Wildman–Crippen MR) is 87.6 cm³/mol. The summed E-state index contributed by atoms with van der Waals surface area (Å²) >= 11 is 0. The van der Waals surface area contributed by atoms with Gasteiger partial charge in [0.1, 0.15) is 0 Å². The molecule has 1 heterocycles. The first kappa shape index (κ1) is 18.4. The van der Waals surface area contributed by atoms with Crippen LogP contribution in [0.4, 0.5) is 0 Å². The molecule has 3 amide bonds. The van der Waals surface area contributed by atoms with Gasteiger partial charge in [0.25, 0.3) is 5.91 Å². The van der Waals surface area contributed by atoms with E-state index in [1.807, 2.05) is 37.3 Å². The van der Waals surface area contributed by atoms with E-state index in [-0.39, 0.29) is 24.9 Å². The van der Waals surface area contributed by atoms with E-state index in [1.165, 1.54) is 6.92 Å². The summed E-state index contributed by atoms with van der Waals surface area (Å²) in [6.07, 6.45) is 0.0589. The maximum Gasteiger partial charge on any atom is 0.311 e. The number of hydrogen-bond donors (Lipinski definition) is 2. The number of nitrogens with one attached hydrogen (secondary N) is 2. The lowest BCUT2D eigenvalue weighted by Crippen LogP contribution is -2.42. The first-order valence-corrected chi connectivity index (χ1v) is 7.95. The van der Waals surface area contributed by atoms with Gasteiger partial charge in [-0.3, -0.25) is 30.0 Å². The van der Waals surface area contributed by atoms with Crippen LogP contribution in [-0.2, 0) is 23.9 Å². The van der Waals surface area contributed by atoms with Crippen LogP contribution in [0.5, 0.6) is 0 Å². The van der Waals surface area contributed by atoms with Crippen LogP contribution < -0.4 is 10.9 Å². The fraction of sp³-hybridized carbons (Fsp3) is 0.412. The SMILES string of the molecule is CC(=O)NNC(=O)COC(=O)[C@H]1CC(=O)N([C@H](C)c2ccccc2)C1. The molecule has 0 aromatic heterocycles. The summed E-state index contributed by atoms with van der Waals surface area (Å²) in [5, 5.41) is 0. The van der Waals surface area contributed by atoms with Crippen LogP contribution in [-0.4, -0.2) is 41.7 Å². The van der Waals surface area contributed by atoms with Crippen molar-refractivity contribution < 1.29 is 23.9 Å². The summed E-state index contributed by atoms with van der Waals surface area (Å²) in [6, 6.07) is 9.40. The number of ether oxygens (including phenoxy) is 1. The molecule has 2 atom stereocenters. The molecular formula is C17H21N3O5. The Bertz CT molecular complexity index is 662. The maximum atomic E-state index is 12.2. The molecule has 0 saturated carbocycles. The number of hydrogen-bond acceptors (Lipinski definition) is 5. The van der Waals surface area contributed by atoms with Gasteiger partial charge in [-0.2, -0.15) is 0 Å². The van der Waals surface area contributed by atoms with Crippen LogP contribution in [0.25, 0.3) is 0 Å². The molecule has 0 spiro atoms. The summed E-state index contributed by atoms with van der Waals surface area (Å²) in [5.41, 5.74) is 5.17. The standard InChI is InChI=1S/C17H21N3O5/c1-11(13-6-4-3-5-7-13)20-9-14(8-16(20)23)17(24)25-10-15(22)19-18-12(2)21/h3-7,11,14H,8-10H2,1-2H3,(H,18,21)(H,19,22)/t11-,14+/m1/s1. The molecule has 0 radical (unpaired) electrons. The van der Waals surface area contributed by atoms with E-state index >= 15 is 0 Å². The van der Waals surface area contributed by atoms with Crippen molar-refractivity contribution in [3.63, 3.8) is 0 Å². The minimum Gasteiger partial charge on any atom is -0.455 e. The Morgan fingerprint density at radius 1 is 1.24 bits per heavy atom. The molecule has 1 aliphatic rings. The first-order chi connectivity index (χ1) is 11.9. The number of esters is 1. The molecule has 1 saturated heterocycles. The number of benzene rings is 1. The molecule has 134 valence electrons. The summed E-state index contributed by atoms with van der Waals surface area (Å²) < 4.78 is 4.92. The highest BCUT2D eigenvalue weighted by Crippen LogP contribution is 2.28. The molecule has 1 aromatic carbocycles. The van der Waals surface area contributed by atoms with Gasteiger partial charge in [-0.05, 0) is 12.5 Å². The molecule has 2 rings (SSSR count). The van der Waals surface area contributed by atoms with E-state index in [4.69, 9.17) is 4.74 Å². The Balaban J connectivity index is 1.86. The third kappa shape index (κ3) is 5.03. The minimum atomic E-state index is -0.651. The second kappa shape index (κ2) is 8.27. The van der Waals surface area contributed by atoms with Gasteiger partial charge in [-0.15, -0.1) is 0 Å². The Hall–Kier alpha value is -2.90. The number of amides is 3. The van der Waals surface area contributed by atoms with Crippen LogP contribution in [0, 0.1) is 5.92 Å². The quantitative estimate of drug-likeness (QED) is 0.589. The topological polar surface area (TPSA) is 105 Å². The Morgan fingerprint density at radius 3 is 2.56 bits per heavy atom. The van der Waals surface area contributed by atoms with Gasteiger partial charge in [0.15, 0.2) is 6.61 Å². The number of carbonyl (C=O) groups excluding carboxylic acids is 4. The molecular weight excluding hydrogens is 326 g/mol. The lowest BCUT2D eigenvalue weighted by atomic mass is 10.1. The minimum absolute atomic E-state index is 0.0589. The van der Waals surface area contributed by atoms with Crippen molar-refractivity contribution in [3.8, 4) is 0 Å². The van der Waals surface area contributed by atoms with Crippen LogP contribution >= 0.6 is 0 Å². The highest BCUT2D eigenvalue weighted by Gasteiger charge is 2.38. The molecule has 25 heavy (non-hydrogen) atoms. The van der Waals surface area contributed by atoms with Gasteiger partial charge in [0, 0.05) is 19.9 Å². The lowest BCUT2D eigenvalue weighted by Gasteiger charge is -2.25. The third-order valence-electron chi connectivity index (χ3n) is 3.96. The highest BCUT2D eigenvalue weighted by molar-refractivity contribution is 5.88. The fourth-order valence-corrected chi connectivity index (χ4v) is 2.62. The van der Waals surface area contributed by atoms with Crippen LogP contribution in [0.3, 0.4) is 0 Å². The van der Waals surface area contributed by atoms with Crippen LogP contribution in [0.2, 0.25) is 0 Å². The monoisotopic (exact) mass is 347 g/mol.